The second-order valence-corrected chi connectivity index (χ2v) is 12.7. The smallest absolute Gasteiger partial charge is 0.407 e. The van der Waals surface area contributed by atoms with E-state index in [4.69, 9.17) is 5.26 Å². The van der Waals surface area contributed by atoms with Crippen molar-refractivity contribution >= 4 is 60.5 Å². The molecule has 1 unspecified atom stereocenters. The minimum absolute atomic E-state index is 0.0674. The summed E-state index contributed by atoms with van der Waals surface area (Å²) >= 11 is 3.33. The van der Waals surface area contributed by atoms with Crippen molar-refractivity contribution in [3.63, 3.8) is 0 Å². The summed E-state index contributed by atoms with van der Waals surface area (Å²) in [7, 11) is -1.53. The van der Waals surface area contributed by atoms with Crippen LogP contribution in [0.2, 0.25) is 0 Å². The molecule has 7 rings (SSSR count). The van der Waals surface area contributed by atoms with Gasteiger partial charge in [-0.3, -0.25) is 9.00 Å². The summed E-state index contributed by atoms with van der Waals surface area (Å²) in [6, 6.07) is 5.43. The summed E-state index contributed by atoms with van der Waals surface area (Å²) in [5.74, 6) is -0.429. The SMILES string of the molecule is CS(=O)c1nc2c(F)c(Br)c(CCC#N)cc2c2c1cc(CCC(=O)N1CCC1)n2[C@H]1[C@@H]2C[C@H]1N(C(=O)O)C2. The van der Waals surface area contributed by atoms with Crippen LogP contribution in [0.4, 0.5) is 9.18 Å². The molecule has 1 saturated carbocycles. The van der Waals surface area contributed by atoms with Gasteiger partial charge < -0.3 is 19.5 Å². The van der Waals surface area contributed by atoms with Crippen molar-refractivity contribution in [2.75, 3.05) is 25.9 Å². The lowest BCUT2D eigenvalue weighted by Crippen LogP contribution is -2.43. The number of amides is 2. The Labute approximate surface area is 235 Å². The van der Waals surface area contributed by atoms with E-state index in [0.717, 1.165) is 31.6 Å². The Morgan fingerprint density at radius 3 is 2.67 bits per heavy atom. The van der Waals surface area contributed by atoms with Gasteiger partial charge in [-0.2, -0.15) is 5.26 Å². The first-order valence-corrected chi connectivity index (χ1v) is 15.4. The first-order valence-electron chi connectivity index (χ1n) is 13.0. The van der Waals surface area contributed by atoms with E-state index in [1.165, 1.54) is 11.2 Å². The molecule has 12 heteroatoms. The Balaban J connectivity index is 1.59. The maximum atomic E-state index is 15.8. The van der Waals surface area contributed by atoms with Crippen molar-refractivity contribution in [2.45, 2.75) is 55.6 Å². The molecule has 4 atom stereocenters. The highest BCUT2D eigenvalue weighted by atomic mass is 79.9. The quantitative estimate of drug-likeness (QED) is 0.421. The Kier molecular flexibility index (Phi) is 6.62. The predicted octanol–water partition coefficient (Wildman–Crippen LogP) is 4.37. The van der Waals surface area contributed by atoms with Crippen molar-refractivity contribution in [3.05, 3.63) is 33.7 Å². The van der Waals surface area contributed by atoms with E-state index in [-0.39, 0.29) is 45.3 Å². The van der Waals surface area contributed by atoms with Crippen LogP contribution in [-0.2, 0) is 28.4 Å². The topological polar surface area (TPSA) is 120 Å². The number of halogens is 2. The number of carbonyl (C=O) groups is 2. The molecule has 2 bridgehead atoms. The minimum Gasteiger partial charge on any atom is -0.465 e. The van der Waals surface area contributed by atoms with E-state index >= 15 is 4.39 Å². The summed E-state index contributed by atoms with van der Waals surface area (Å²) in [4.78, 5) is 32.5. The molecule has 1 aliphatic carbocycles. The van der Waals surface area contributed by atoms with Crippen LogP contribution in [0, 0.1) is 23.1 Å². The molecule has 3 aliphatic heterocycles. The Bertz CT molecular complexity index is 1610. The Morgan fingerprint density at radius 2 is 2.05 bits per heavy atom. The molecule has 1 N–H and O–H groups in total. The zero-order valence-corrected chi connectivity index (χ0v) is 23.7. The molecule has 9 nitrogen and oxygen atoms in total. The van der Waals surface area contributed by atoms with Crippen LogP contribution in [0.15, 0.2) is 21.6 Å². The number of hydrogen-bond acceptors (Lipinski definition) is 5. The average Bonchev–Trinajstić information content (AvgIpc) is 3.55. The number of rotatable bonds is 7. The largest absolute Gasteiger partial charge is 0.465 e. The molecular weight excluding hydrogens is 589 g/mol. The number of fused-ring (bicyclic) bond motifs is 4. The zero-order valence-electron chi connectivity index (χ0n) is 21.3. The van der Waals surface area contributed by atoms with Gasteiger partial charge in [0, 0.05) is 61.1 Å². The summed E-state index contributed by atoms with van der Waals surface area (Å²) < 4.78 is 31.0. The summed E-state index contributed by atoms with van der Waals surface area (Å²) in [5.41, 5.74) is 2.19. The average molecular weight is 617 g/mol. The van der Waals surface area contributed by atoms with Gasteiger partial charge in [-0.15, -0.1) is 0 Å². The Morgan fingerprint density at radius 1 is 1.28 bits per heavy atom. The van der Waals surface area contributed by atoms with Crippen LogP contribution in [0.1, 0.15) is 43.0 Å². The standard InChI is InChI=1S/C27H27BrFN5O4S/c1-39(38)26-18-12-16(5-6-20(35)32-8-3-9-32)34(24-15-11-19(24)33(13-15)27(36)37)25(18)17-10-14(4-2-7-30)21(28)22(29)23(17)31-26/h10,12,15,19,24H,2-6,8-9,11,13H2,1H3,(H,36,37)/t15-,19-,24+,39?/m1/s1. The minimum atomic E-state index is -1.53. The lowest BCUT2D eigenvalue weighted by molar-refractivity contribution is -0.134. The number of benzene rings is 1. The van der Waals surface area contributed by atoms with E-state index in [2.05, 4.69) is 31.6 Å². The fraction of sp³-hybridized carbons (Fsp3) is 0.481. The molecule has 1 aromatic carbocycles. The number of aryl methyl sites for hydroxylation is 2. The molecular formula is C27H27BrFN5O4S. The van der Waals surface area contributed by atoms with Crippen LogP contribution in [-0.4, -0.2) is 72.6 Å². The predicted molar refractivity (Wildman–Crippen MR) is 146 cm³/mol. The highest BCUT2D eigenvalue weighted by molar-refractivity contribution is 9.10. The zero-order chi connectivity index (χ0) is 27.6. The van der Waals surface area contributed by atoms with Crippen molar-refractivity contribution in [1.29, 1.82) is 5.26 Å². The second-order valence-electron chi connectivity index (χ2n) is 10.6. The molecule has 3 saturated heterocycles. The van der Waals surface area contributed by atoms with Gasteiger partial charge in [0.05, 0.1) is 38.9 Å². The van der Waals surface area contributed by atoms with Gasteiger partial charge in [-0.1, -0.05) is 0 Å². The lowest BCUT2D eigenvalue weighted by Gasteiger charge is -2.39. The molecule has 0 radical (unpaired) electrons. The van der Waals surface area contributed by atoms with Crippen LogP contribution < -0.4 is 0 Å². The van der Waals surface area contributed by atoms with Crippen molar-refractivity contribution in [1.82, 2.24) is 19.4 Å². The summed E-state index contributed by atoms with van der Waals surface area (Å²) in [6.45, 7) is 1.93. The number of nitriles is 1. The van der Waals surface area contributed by atoms with Gasteiger partial charge in [0.25, 0.3) is 0 Å². The summed E-state index contributed by atoms with van der Waals surface area (Å²) in [6.07, 6.45) is 3.55. The molecule has 39 heavy (non-hydrogen) atoms. The van der Waals surface area contributed by atoms with E-state index in [1.54, 1.807) is 0 Å². The van der Waals surface area contributed by atoms with Crippen LogP contribution in [0.25, 0.3) is 21.8 Å². The number of hydrogen-bond donors (Lipinski definition) is 1. The molecule has 3 aromatic rings. The molecule has 0 spiro atoms. The third kappa shape index (κ3) is 4.12. The van der Waals surface area contributed by atoms with Crippen molar-refractivity contribution in [2.24, 2.45) is 5.92 Å². The number of nitrogens with zero attached hydrogens (tertiary/aromatic N) is 5. The third-order valence-electron chi connectivity index (χ3n) is 8.45. The first kappa shape index (κ1) is 26.2. The van der Waals surface area contributed by atoms with E-state index in [1.807, 2.05) is 17.0 Å². The molecule has 4 aliphatic rings. The highest BCUT2D eigenvalue weighted by Gasteiger charge is 2.55. The monoisotopic (exact) mass is 615 g/mol. The van der Waals surface area contributed by atoms with Crippen LogP contribution in [0.3, 0.4) is 0 Å². The fourth-order valence-electron chi connectivity index (χ4n) is 6.41. The van der Waals surface area contributed by atoms with E-state index in [0.29, 0.717) is 47.7 Å². The van der Waals surface area contributed by atoms with Gasteiger partial charge in [0.15, 0.2) is 5.82 Å². The maximum absolute atomic E-state index is 15.8. The summed E-state index contributed by atoms with van der Waals surface area (Å²) in [5, 5.41) is 20.3. The van der Waals surface area contributed by atoms with Gasteiger partial charge >= 0.3 is 6.09 Å². The van der Waals surface area contributed by atoms with Gasteiger partial charge in [0.1, 0.15) is 10.5 Å². The number of pyridine rings is 1. The number of aromatic nitrogens is 2. The van der Waals surface area contributed by atoms with Crippen molar-refractivity contribution < 1.29 is 23.3 Å². The molecule has 2 amide bonds. The molecule has 5 heterocycles. The highest BCUT2D eigenvalue weighted by Crippen LogP contribution is 2.52. The number of carboxylic acid groups (broad SMARTS) is 1. The van der Waals surface area contributed by atoms with Gasteiger partial charge in [0.2, 0.25) is 5.91 Å². The third-order valence-corrected chi connectivity index (χ3v) is 10.2. The first-order chi connectivity index (χ1) is 18.7. The molecule has 4 fully saturated rings. The van der Waals surface area contributed by atoms with Gasteiger partial charge in [-0.25, -0.2) is 14.2 Å². The van der Waals surface area contributed by atoms with E-state index in [9.17, 15) is 18.9 Å². The lowest BCUT2D eigenvalue weighted by atomic mass is 9.79. The van der Waals surface area contributed by atoms with E-state index < -0.39 is 22.7 Å². The number of carbonyl (C=O) groups excluding carboxylic acids is 1. The van der Waals surface area contributed by atoms with Crippen LogP contribution >= 0.6 is 15.9 Å². The molecule has 204 valence electrons. The van der Waals surface area contributed by atoms with Crippen LogP contribution in [0.5, 0.6) is 0 Å². The second kappa shape index (κ2) is 9.86. The number of likely N-dealkylation sites (tertiary alicyclic amines) is 1. The Hall–Kier alpha value is -3.04. The normalized spacial score (nSPS) is 22.6. The van der Waals surface area contributed by atoms with Crippen molar-refractivity contribution in [3.8, 4) is 6.07 Å². The van der Waals surface area contributed by atoms with Gasteiger partial charge in [-0.05, 0) is 59.3 Å². The molecule has 2 aromatic heterocycles. The fourth-order valence-corrected chi connectivity index (χ4v) is 7.60. The maximum Gasteiger partial charge on any atom is 0.407 e.